The lowest BCUT2D eigenvalue weighted by Gasteiger charge is -2.33. The molecule has 2 aromatic heterocycles. The summed E-state index contributed by atoms with van der Waals surface area (Å²) < 4.78 is 13.6. The number of benzene rings is 2. The van der Waals surface area contributed by atoms with E-state index in [-0.39, 0.29) is 18.4 Å². The van der Waals surface area contributed by atoms with Gasteiger partial charge in [-0.3, -0.25) is 9.59 Å². The Morgan fingerprint density at radius 3 is 2.71 bits per heavy atom. The quantitative estimate of drug-likeness (QED) is 0.438. The van der Waals surface area contributed by atoms with Crippen molar-refractivity contribution in [1.29, 1.82) is 0 Å². The largest absolute Gasteiger partial charge is 0.487 e. The molecule has 1 unspecified atom stereocenters. The van der Waals surface area contributed by atoms with Gasteiger partial charge in [0.15, 0.2) is 6.10 Å². The molecule has 0 aliphatic carbocycles. The van der Waals surface area contributed by atoms with E-state index in [1.807, 2.05) is 71.4 Å². The average Bonchev–Trinajstić information content (AvgIpc) is 3.33. The van der Waals surface area contributed by atoms with Crippen molar-refractivity contribution in [2.45, 2.75) is 12.7 Å². The van der Waals surface area contributed by atoms with E-state index in [2.05, 4.69) is 10.3 Å². The standard InChI is InChI=1S/C27H24N4O4/c1-28-27(33)24-17-31(22-6-2-3-7-23(22)35-24)26(32)14-11-19-9-12-21(13-10-19)34-18-20-16-30-15-5-4-8-25(30)29-20/h2-16,24H,17-18H2,1H3,(H,28,33)/b14-11+. The maximum atomic E-state index is 13.0. The van der Waals surface area contributed by atoms with Crippen LogP contribution in [0.4, 0.5) is 5.69 Å². The normalized spacial score (nSPS) is 15.0. The minimum Gasteiger partial charge on any atom is -0.487 e. The Bertz CT molecular complexity index is 1360. The Balaban J connectivity index is 1.24. The number of likely N-dealkylation sites (N-methyl/N-ethyl adjacent to an activating group) is 1. The molecule has 2 aromatic carbocycles. The molecule has 8 nitrogen and oxygen atoms in total. The van der Waals surface area contributed by atoms with E-state index in [0.717, 1.165) is 16.9 Å². The van der Waals surface area contributed by atoms with Crippen LogP contribution in [0, 0.1) is 0 Å². The van der Waals surface area contributed by atoms with Crippen molar-refractivity contribution in [2.75, 3.05) is 18.5 Å². The average molecular weight is 469 g/mol. The molecule has 1 atom stereocenters. The summed E-state index contributed by atoms with van der Waals surface area (Å²) in [6.45, 7) is 0.494. The van der Waals surface area contributed by atoms with Gasteiger partial charge in [-0.15, -0.1) is 0 Å². The van der Waals surface area contributed by atoms with Gasteiger partial charge in [0.05, 0.1) is 17.9 Å². The van der Waals surface area contributed by atoms with Crippen LogP contribution in [0.2, 0.25) is 0 Å². The molecule has 5 rings (SSSR count). The number of imidazole rings is 1. The summed E-state index contributed by atoms with van der Waals surface area (Å²) in [5, 5.41) is 2.58. The predicted molar refractivity (Wildman–Crippen MR) is 132 cm³/mol. The third-order valence-corrected chi connectivity index (χ3v) is 5.68. The summed E-state index contributed by atoms with van der Waals surface area (Å²) in [6.07, 6.45) is 6.35. The third kappa shape index (κ3) is 4.86. The number of aromatic nitrogens is 2. The Morgan fingerprint density at radius 2 is 1.91 bits per heavy atom. The molecule has 176 valence electrons. The number of hydrogen-bond acceptors (Lipinski definition) is 5. The molecule has 8 heteroatoms. The highest BCUT2D eigenvalue weighted by atomic mass is 16.5. The molecule has 35 heavy (non-hydrogen) atoms. The smallest absolute Gasteiger partial charge is 0.262 e. The summed E-state index contributed by atoms with van der Waals surface area (Å²) in [7, 11) is 1.54. The minimum absolute atomic E-state index is 0.135. The van der Waals surface area contributed by atoms with Crippen molar-refractivity contribution in [1.82, 2.24) is 14.7 Å². The first kappa shape index (κ1) is 22.2. The fourth-order valence-electron chi connectivity index (χ4n) is 3.89. The maximum Gasteiger partial charge on any atom is 0.262 e. The Hall–Kier alpha value is -4.59. The molecule has 1 aliphatic heterocycles. The van der Waals surface area contributed by atoms with Crippen LogP contribution < -0.4 is 19.7 Å². The Labute approximate surface area is 202 Å². The number of fused-ring (bicyclic) bond motifs is 2. The van der Waals surface area contributed by atoms with Crippen molar-refractivity contribution < 1.29 is 19.1 Å². The van der Waals surface area contributed by atoms with Crippen LogP contribution in [0.1, 0.15) is 11.3 Å². The highest BCUT2D eigenvalue weighted by molar-refractivity contribution is 6.05. The number of carbonyl (C=O) groups excluding carboxylic acids is 2. The molecule has 2 amide bonds. The number of carbonyl (C=O) groups is 2. The summed E-state index contributed by atoms with van der Waals surface area (Å²) in [4.78, 5) is 31.2. The van der Waals surface area contributed by atoms with Crippen molar-refractivity contribution in [2.24, 2.45) is 0 Å². The Kier molecular flexibility index (Phi) is 6.17. The van der Waals surface area contributed by atoms with Crippen LogP contribution in [0.3, 0.4) is 0 Å². The number of amides is 2. The monoisotopic (exact) mass is 468 g/mol. The van der Waals surface area contributed by atoms with Gasteiger partial charge in [0, 0.05) is 25.5 Å². The molecule has 0 spiro atoms. The van der Waals surface area contributed by atoms with E-state index in [1.54, 1.807) is 30.2 Å². The number of hydrogen-bond donors (Lipinski definition) is 1. The summed E-state index contributed by atoms with van der Waals surface area (Å²) >= 11 is 0. The van der Waals surface area contributed by atoms with E-state index in [4.69, 9.17) is 9.47 Å². The van der Waals surface area contributed by atoms with Crippen molar-refractivity contribution >= 4 is 29.2 Å². The molecule has 1 aliphatic rings. The van der Waals surface area contributed by atoms with Crippen LogP contribution in [-0.4, -0.2) is 40.9 Å². The molecule has 0 saturated heterocycles. The van der Waals surface area contributed by atoms with Crippen LogP contribution >= 0.6 is 0 Å². The number of pyridine rings is 1. The second-order valence-corrected chi connectivity index (χ2v) is 8.03. The first-order valence-corrected chi connectivity index (χ1v) is 11.2. The molecule has 0 bridgehead atoms. The fraction of sp³-hybridized carbons (Fsp3) is 0.148. The predicted octanol–water partition coefficient (Wildman–Crippen LogP) is 3.47. The van der Waals surface area contributed by atoms with Gasteiger partial charge in [0.2, 0.25) is 0 Å². The van der Waals surface area contributed by atoms with E-state index >= 15 is 0 Å². The number of anilines is 1. The van der Waals surface area contributed by atoms with E-state index in [1.165, 1.54) is 6.08 Å². The van der Waals surface area contributed by atoms with Crippen molar-refractivity contribution in [3.8, 4) is 11.5 Å². The fourth-order valence-corrected chi connectivity index (χ4v) is 3.89. The number of nitrogens with one attached hydrogen (secondary N) is 1. The summed E-state index contributed by atoms with van der Waals surface area (Å²) in [6, 6.07) is 20.5. The second-order valence-electron chi connectivity index (χ2n) is 8.03. The van der Waals surface area contributed by atoms with Gasteiger partial charge in [-0.2, -0.15) is 0 Å². The molecule has 0 saturated carbocycles. The van der Waals surface area contributed by atoms with Gasteiger partial charge < -0.3 is 24.1 Å². The van der Waals surface area contributed by atoms with Gasteiger partial charge in [-0.05, 0) is 48.0 Å². The van der Waals surface area contributed by atoms with Crippen molar-refractivity contribution in [3.05, 3.63) is 96.5 Å². The number of para-hydroxylation sites is 2. The molecule has 3 heterocycles. The van der Waals surface area contributed by atoms with Crippen LogP contribution in [0.5, 0.6) is 11.5 Å². The zero-order chi connectivity index (χ0) is 24.2. The van der Waals surface area contributed by atoms with Gasteiger partial charge in [-0.1, -0.05) is 30.3 Å². The van der Waals surface area contributed by atoms with Crippen LogP contribution in [0.15, 0.2) is 85.2 Å². The lowest BCUT2D eigenvalue weighted by molar-refractivity contribution is -0.127. The maximum absolute atomic E-state index is 13.0. The molecule has 4 aromatic rings. The van der Waals surface area contributed by atoms with E-state index in [0.29, 0.717) is 23.8 Å². The zero-order valence-electron chi connectivity index (χ0n) is 19.1. The van der Waals surface area contributed by atoms with Gasteiger partial charge >= 0.3 is 0 Å². The molecular weight excluding hydrogens is 444 g/mol. The highest BCUT2D eigenvalue weighted by Crippen LogP contribution is 2.33. The van der Waals surface area contributed by atoms with Gasteiger partial charge in [0.25, 0.3) is 11.8 Å². The van der Waals surface area contributed by atoms with Crippen LogP contribution in [0.25, 0.3) is 11.7 Å². The van der Waals surface area contributed by atoms with Crippen LogP contribution in [-0.2, 0) is 16.2 Å². The second kappa shape index (κ2) is 9.72. The summed E-state index contributed by atoms with van der Waals surface area (Å²) in [5.74, 6) is 0.699. The van der Waals surface area contributed by atoms with Crippen molar-refractivity contribution in [3.63, 3.8) is 0 Å². The third-order valence-electron chi connectivity index (χ3n) is 5.68. The molecule has 0 radical (unpaired) electrons. The molecule has 0 fully saturated rings. The first-order valence-electron chi connectivity index (χ1n) is 11.2. The summed E-state index contributed by atoms with van der Waals surface area (Å²) in [5.41, 5.74) is 3.20. The SMILES string of the molecule is CNC(=O)C1CN(C(=O)/C=C/c2ccc(OCc3cn4ccccc4n3)cc2)c2ccccc2O1. The first-order chi connectivity index (χ1) is 17.1. The Morgan fingerprint density at radius 1 is 1.11 bits per heavy atom. The van der Waals surface area contributed by atoms with E-state index in [9.17, 15) is 9.59 Å². The van der Waals surface area contributed by atoms with Gasteiger partial charge in [-0.25, -0.2) is 4.98 Å². The number of nitrogens with zero attached hydrogens (tertiary/aromatic N) is 3. The zero-order valence-corrected chi connectivity index (χ0v) is 19.1. The molecule has 1 N–H and O–H groups in total. The van der Waals surface area contributed by atoms with Gasteiger partial charge in [0.1, 0.15) is 23.8 Å². The lowest BCUT2D eigenvalue weighted by Crippen LogP contribution is -2.49. The minimum atomic E-state index is -0.767. The highest BCUT2D eigenvalue weighted by Gasteiger charge is 2.32. The lowest BCUT2D eigenvalue weighted by atomic mass is 10.1. The van der Waals surface area contributed by atoms with E-state index < -0.39 is 6.10 Å². The number of ether oxygens (including phenoxy) is 2. The topological polar surface area (TPSA) is 85.2 Å². The molecular formula is C27H24N4O4. The number of rotatable bonds is 6.